The minimum atomic E-state index is -3.18. The van der Waals surface area contributed by atoms with Crippen molar-refractivity contribution in [2.45, 2.75) is 17.4 Å². The highest BCUT2D eigenvalue weighted by Crippen LogP contribution is 2.20. The number of nitrogens with one attached hydrogen (secondary N) is 2. The van der Waals surface area contributed by atoms with E-state index in [-0.39, 0.29) is 6.04 Å². The van der Waals surface area contributed by atoms with E-state index in [1.807, 2.05) is 13.1 Å². The van der Waals surface area contributed by atoms with Gasteiger partial charge in [0.1, 0.15) is 5.82 Å². The molecule has 2 rings (SSSR count). The maximum atomic E-state index is 11.6. The summed E-state index contributed by atoms with van der Waals surface area (Å²) in [5, 5.41) is 3.18. The van der Waals surface area contributed by atoms with Gasteiger partial charge in [-0.3, -0.25) is 0 Å². The zero-order valence-electron chi connectivity index (χ0n) is 10.9. The van der Waals surface area contributed by atoms with Gasteiger partial charge in [-0.2, -0.15) is 0 Å². The molecule has 0 amide bonds. The molecule has 19 heavy (non-hydrogen) atoms. The molecule has 0 radical (unpaired) electrons. The summed E-state index contributed by atoms with van der Waals surface area (Å²) in [5.74, 6) is 0.865. The van der Waals surface area contributed by atoms with Gasteiger partial charge >= 0.3 is 0 Å². The molecule has 1 aromatic carbocycles. The normalized spacial score (nSPS) is 13.4. The van der Waals surface area contributed by atoms with Crippen LogP contribution in [0.2, 0.25) is 0 Å². The van der Waals surface area contributed by atoms with Gasteiger partial charge in [0.15, 0.2) is 9.84 Å². The van der Waals surface area contributed by atoms with E-state index < -0.39 is 9.84 Å². The van der Waals surface area contributed by atoms with Gasteiger partial charge in [-0.15, -0.1) is 0 Å². The second-order valence-electron chi connectivity index (χ2n) is 4.43. The van der Waals surface area contributed by atoms with Crippen molar-refractivity contribution in [3.8, 4) is 0 Å². The molecule has 0 saturated carbocycles. The van der Waals surface area contributed by atoms with Crippen LogP contribution in [0, 0.1) is 0 Å². The van der Waals surface area contributed by atoms with Crippen LogP contribution in [0.15, 0.2) is 41.6 Å². The molecule has 0 spiro atoms. The van der Waals surface area contributed by atoms with Gasteiger partial charge in [0.05, 0.1) is 4.90 Å². The molecule has 1 unspecified atom stereocenters. The minimum Gasteiger partial charge on any atom is -0.349 e. The Labute approximate surface area is 113 Å². The standard InChI is InChI=1S/C13H17N3O2S/c1-14-12(9-13-15-6-7-16-13)10-4-3-5-11(8-10)19(2,17)18/h3-8,12,14H,9H2,1-2H3,(H,15,16). The van der Waals surface area contributed by atoms with E-state index in [0.717, 1.165) is 11.4 Å². The number of hydrogen-bond donors (Lipinski definition) is 2. The van der Waals surface area contributed by atoms with Crippen molar-refractivity contribution in [2.75, 3.05) is 13.3 Å². The Kier molecular flexibility index (Phi) is 4.01. The molecule has 0 aliphatic heterocycles. The number of imidazole rings is 1. The Morgan fingerprint density at radius 3 is 2.79 bits per heavy atom. The summed E-state index contributed by atoms with van der Waals surface area (Å²) >= 11 is 0. The maximum absolute atomic E-state index is 11.6. The van der Waals surface area contributed by atoms with Crippen LogP contribution in [-0.2, 0) is 16.3 Å². The number of aromatic nitrogens is 2. The predicted molar refractivity (Wildman–Crippen MR) is 73.6 cm³/mol. The fourth-order valence-corrected chi connectivity index (χ4v) is 2.63. The first-order valence-electron chi connectivity index (χ1n) is 5.96. The van der Waals surface area contributed by atoms with Crippen LogP contribution in [0.4, 0.5) is 0 Å². The van der Waals surface area contributed by atoms with Gasteiger partial charge in [0, 0.05) is 31.1 Å². The molecule has 1 heterocycles. The van der Waals surface area contributed by atoms with Gasteiger partial charge in [-0.1, -0.05) is 12.1 Å². The molecule has 5 nitrogen and oxygen atoms in total. The fraction of sp³-hybridized carbons (Fsp3) is 0.308. The summed E-state index contributed by atoms with van der Waals surface area (Å²) in [6.45, 7) is 0. The lowest BCUT2D eigenvalue weighted by Crippen LogP contribution is -2.19. The molecule has 6 heteroatoms. The summed E-state index contributed by atoms with van der Waals surface area (Å²) in [4.78, 5) is 7.57. The Bertz CT molecular complexity index is 636. The second kappa shape index (κ2) is 5.54. The molecule has 0 bridgehead atoms. The molecule has 1 atom stereocenters. The Hall–Kier alpha value is -1.66. The molecule has 1 aromatic heterocycles. The van der Waals surface area contributed by atoms with Crippen LogP contribution in [-0.4, -0.2) is 31.7 Å². The number of likely N-dealkylation sites (N-methyl/N-ethyl adjacent to an activating group) is 1. The largest absolute Gasteiger partial charge is 0.349 e. The summed E-state index contributed by atoms with van der Waals surface area (Å²) in [6.07, 6.45) is 5.37. The van der Waals surface area contributed by atoms with Crippen molar-refractivity contribution in [1.82, 2.24) is 15.3 Å². The number of sulfone groups is 1. The number of H-pyrrole nitrogens is 1. The van der Waals surface area contributed by atoms with Crippen LogP contribution in [0.25, 0.3) is 0 Å². The molecule has 0 aliphatic rings. The second-order valence-corrected chi connectivity index (χ2v) is 6.44. The van der Waals surface area contributed by atoms with E-state index in [4.69, 9.17) is 0 Å². The monoisotopic (exact) mass is 279 g/mol. The lowest BCUT2D eigenvalue weighted by atomic mass is 10.0. The van der Waals surface area contributed by atoms with Crippen molar-refractivity contribution in [3.63, 3.8) is 0 Å². The van der Waals surface area contributed by atoms with E-state index in [1.165, 1.54) is 6.26 Å². The molecular formula is C13H17N3O2S. The molecule has 2 N–H and O–H groups in total. The third-order valence-electron chi connectivity index (χ3n) is 2.99. The summed E-state index contributed by atoms with van der Waals surface area (Å²) in [6, 6.07) is 7.02. The number of benzene rings is 1. The van der Waals surface area contributed by atoms with Crippen LogP contribution < -0.4 is 5.32 Å². The first kappa shape index (κ1) is 13.8. The van der Waals surface area contributed by atoms with Crippen molar-refractivity contribution < 1.29 is 8.42 Å². The van der Waals surface area contributed by atoms with Crippen LogP contribution in [0.5, 0.6) is 0 Å². The predicted octanol–water partition coefficient (Wildman–Crippen LogP) is 1.32. The molecular weight excluding hydrogens is 262 g/mol. The number of nitrogens with zero attached hydrogens (tertiary/aromatic N) is 1. The van der Waals surface area contributed by atoms with Crippen molar-refractivity contribution in [1.29, 1.82) is 0 Å². The molecule has 2 aromatic rings. The molecule has 102 valence electrons. The summed E-state index contributed by atoms with van der Waals surface area (Å²) in [5.41, 5.74) is 0.932. The highest BCUT2D eigenvalue weighted by molar-refractivity contribution is 7.90. The van der Waals surface area contributed by atoms with E-state index in [9.17, 15) is 8.42 Å². The zero-order valence-corrected chi connectivity index (χ0v) is 11.7. The van der Waals surface area contributed by atoms with Crippen molar-refractivity contribution in [3.05, 3.63) is 48.0 Å². The third kappa shape index (κ3) is 3.42. The average molecular weight is 279 g/mol. The smallest absolute Gasteiger partial charge is 0.175 e. The highest BCUT2D eigenvalue weighted by atomic mass is 32.2. The summed E-state index contributed by atoms with van der Waals surface area (Å²) < 4.78 is 23.1. The summed E-state index contributed by atoms with van der Waals surface area (Å²) in [7, 11) is -1.33. The molecule has 0 saturated heterocycles. The molecule has 0 fully saturated rings. The van der Waals surface area contributed by atoms with Gasteiger partial charge < -0.3 is 10.3 Å². The van der Waals surface area contributed by atoms with E-state index in [2.05, 4.69) is 15.3 Å². The first-order valence-corrected chi connectivity index (χ1v) is 7.85. The lowest BCUT2D eigenvalue weighted by molar-refractivity contribution is 0.575. The zero-order chi connectivity index (χ0) is 13.9. The van der Waals surface area contributed by atoms with Gasteiger partial charge in [0.25, 0.3) is 0 Å². The fourth-order valence-electron chi connectivity index (χ4n) is 1.95. The van der Waals surface area contributed by atoms with E-state index >= 15 is 0 Å². The van der Waals surface area contributed by atoms with E-state index in [0.29, 0.717) is 11.3 Å². The Morgan fingerprint density at radius 2 is 2.21 bits per heavy atom. The quantitative estimate of drug-likeness (QED) is 0.865. The van der Waals surface area contributed by atoms with Crippen LogP contribution in [0.1, 0.15) is 17.4 Å². The van der Waals surface area contributed by atoms with Gasteiger partial charge in [-0.05, 0) is 24.7 Å². The first-order chi connectivity index (χ1) is 9.00. The molecule has 0 aliphatic carbocycles. The maximum Gasteiger partial charge on any atom is 0.175 e. The number of aromatic amines is 1. The average Bonchev–Trinajstić information content (AvgIpc) is 2.88. The SMILES string of the molecule is CNC(Cc1ncc[nH]1)c1cccc(S(C)(=O)=O)c1. The van der Waals surface area contributed by atoms with Gasteiger partial charge in [-0.25, -0.2) is 13.4 Å². The van der Waals surface area contributed by atoms with Crippen LogP contribution in [0.3, 0.4) is 0 Å². The lowest BCUT2D eigenvalue weighted by Gasteiger charge is -2.16. The Morgan fingerprint density at radius 1 is 1.42 bits per heavy atom. The number of hydrogen-bond acceptors (Lipinski definition) is 4. The van der Waals surface area contributed by atoms with E-state index in [1.54, 1.807) is 30.6 Å². The van der Waals surface area contributed by atoms with Crippen molar-refractivity contribution >= 4 is 9.84 Å². The Balaban J connectivity index is 2.28. The third-order valence-corrected chi connectivity index (χ3v) is 4.10. The topological polar surface area (TPSA) is 74.8 Å². The van der Waals surface area contributed by atoms with Crippen LogP contribution >= 0.6 is 0 Å². The minimum absolute atomic E-state index is 0.0212. The number of rotatable bonds is 5. The highest BCUT2D eigenvalue weighted by Gasteiger charge is 2.14. The van der Waals surface area contributed by atoms with Gasteiger partial charge in [0.2, 0.25) is 0 Å². The van der Waals surface area contributed by atoms with Crippen molar-refractivity contribution in [2.24, 2.45) is 0 Å².